The molecule has 0 spiro atoms. The second kappa shape index (κ2) is 5.33. The van der Waals surface area contributed by atoms with E-state index in [2.05, 4.69) is 27.2 Å². The summed E-state index contributed by atoms with van der Waals surface area (Å²) in [4.78, 5) is 10.9. The maximum atomic E-state index is 11.5. The van der Waals surface area contributed by atoms with Gasteiger partial charge in [-0.05, 0) is 18.2 Å². The minimum absolute atomic E-state index is 0.0301. The number of carbonyl (C=O) groups is 1. The molecule has 0 fully saturated rings. The van der Waals surface area contributed by atoms with Crippen LogP contribution in [0.3, 0.4) is 0 Å². The Morgan fingerprint density at radius 1 is 1.53 bits per heavy atom. The third-order valence-electron chi connectivity index (χ3n) is 1.81. The standard InChI is InChI=1S/C10H10BrNO4S/c1-2-5-17(15,16)12-9-4-3-7(11)6-8(9)10(13)14/h2-4,6,12H,1,5H2,(H,13,14). The number of carboxylic acid groups (broad SMARTS) is 1. The molecule has 0 aliphatic heterocycles. The van der Waals surface area contributed by atoms with E-state index in [1.807, 2.05) is 0 Å². The molecule has 1 rings (SSSR count). The summed E-state index contributed by atoms with van der Waals surface area (Å²) >= 11 is 3.12. The van der Waals surface area contributed by atoms with Crippen molar-refractivity contribution >= 4 is 37.6 Å². The second-order valence-electron chi connectivity index (χ2n) is 3.17. The number of hydrogen-bond donors (Lipinski definition) is 2. The van der Waals surface area contributed by atoms with Crippen molar-refractivity contribution in [2.45, 2.75) is 0 Å². The number of anilines is 1. The molecule has 1 aromatic carbocycles. The minimum Gasteiger partial charge on any atom is -0.478 e. The number of sulfonamides is 1. The molecule has 0 unspecified atom stereocenters. The van der Waals surface area contributed by atoms with E-state index in [4.69, 9.17) is 5.11 Å². The number of carboxylic acids is 1. The molecule has 2 N–H and O–H groups in total. The zero-order chi connectivity index (χ0) is 13.1. The molecule has 0 bridgehead atoms. The SMILES string of the molecule is C=CCS(=O)(=O)Nc1ccc(Br)cc1C(=O)O. The summed E-state index contributed by atoms with van der Waals surface area (Å²) in [5.41, 5.74) is -0.0884. The van der Waals surface area contributed by atoms with Crippen LogP contribution in [0.2, 0.25) is 0 Å². The molecule has 0 aliphatic carbocycles. The lowest BCUT2D eigenvalue weighted by Gasteiger charge is -2.09. The first-order valence-electron chi connectivity index (χ1n) is 4.50. The first kappa shape index (κ1) is 13.7. The zero-order valence-electron chi connectivity index (χ0n) is 8.68. The predicted octanol–water partition coefficient (Wildman–Crippen LogP) is 2.08. The Balaban J connectivity index is 3.15. The van der Waals surface area contributed by atoms with E-state index in [0.717, 1.165) is 0 Å². The molecule has 7 heteroatoms. The molecular formula is C10H10BrNO4S. The third kappa shape index (κ3) is 3.86. The van der Waals surface area contributed by atoms with Gasteiger partial charge in [-0.25, -0.2) is 13.2 Å². The van der Waals surface area contributed by atoms with E-state index >= 15 is 0 Å². The summed E-state index contributed by atoms with van der Waals surface area (Å²) in [5, 5.41) is 8.94. The molecule has 0 aromatic heterocycles. The highest BCUT2D eigenvalue weighted by Gasteiger charge is 2.15. The summed E-state index contributed by atoms with van der Waals surface area (Å²) in [6, 6.07) is 4.26. The molecule has 17 heavy (non-hydrogen) atoms. The molecule has 5 nitrogen and oxygen atoms in total. The van der Waals surface area contributed by atoms with E-state index in [1.165, 1.54) is 18.2 Å². The van der Waals surface area contributed by atoms with Crippen molar-refractivity contribution in [2.75, 3.05) is 10.5 Å². The largest absolute Gasteiger partial charge is 0.478 e. The average Bonchev–Trinajstić information content (AvgIpc) is 2.20. The van der Waals surface area contributed by atoms with Crippen LogP contribution in [0, 0.1) is 0 Å². The fourth-order valence-electron chi connectivity index (χ4n) is 1.15. The number of rotatable bonds is 5. The van der Waals surface area contributed by atoms with Crippen molar-refractivity contribution < 1.29 is 18.3 Å². The molecule has 1 aromatic rings. The fourth-order valence-corrected chi connectivity index (χ4v) is 2.41. The number of halogens is 1. The number of hydrogen-bond acceptors (Lipinski definition) is 3. The molecule has 0 heterocycles. The van der Waals surface area contributed by atoms with Crippen molar-refractivity contribution in [1.29, 1.82) is 0 Å². The highest BCUT2D eigenvalue weighted by Crippen LogP contribution is 2.22. The van der Waals surface area contributed by atoms with E-state index < -0.39 is 16.0 Å². The summed E-state index contributed by atoms with van der Waals surface area (Å²) in [6.45, 7) is 3.32. The molecule has 0 aliphatic rings. The van der Waals surface area contributed by atoms with Crippen molar-refractivity contribution in [2.24, 2.45) is 0 Å². The van der Waals surface area contributed by atoms with Gasteiger partial charge < -0.3 is 5.11 Å². The maximum absolute atomic E-state index is 11.5. The van der Waals surface area contributed by atoms with Crippen LogP contribution in [-0.2, 0) is 10.0 Å². The Kier molecular flexibility index (Phi) is 4.30. The first-order valence-corrected chi connectivity index (χ1v) is 6.94. The lowest BCUT2D eigenvalue weighted by Crippen LogP contribution is -2.17. The number of aromatic carboxylic acids is 1. The summed E-state index contributed by atoms with van der Waals surface area (Å²) in [5.74, 6) is -1.48. The predicted molar refractivity (Wildman–Crippen MR) is 68.7 cm³/mol. The molecule has 0 amide bonds. The molecule has 0 saturated heterocycles. The highest BCUT2D eigenvalue weighted by atomic mass is 79.9. The van der Waals surface area contributed by atoms with Crippen LogP contribution in [0.25, 0.3) is 0 Å². The maximum Gasteiger partial charge on any atom is 0.337 e. The van der Waals surface area contributed by atoms with Crippen LogP contribution in [-0.4, -0.2) is 25.2 Å². The topological polar surface area (TPSA) is 83.5 Å². The molecule has 0 radical (unpaired) electrons. The first-order chi connectivity index (χ1) is 7.85. The van der Waals surface area contributed by atoms with Gasteiger partial charge in [0.1, 0.15) is 0 Å². The summed E-state index contributed by atoms with van der Waals surface area (Å²) < 4.78 is 25.7. The van der Waals surface area contributed by atoms with E-state index in [1.54, 1.807) is 6.07 Å². The third-order valence-corrected chi connectivity index (χ3v) is 3.51. The minimum atomic E-state index is -3.60. The van der Waals surface area contributed by atoms with Crippen LogP contribution >= 0.6 is 15.9 Å². The monoisotopic (exact) mass is 319 g/mol. The lowest BCUT2D eigenvalue weighted by atomic mass is 10.2. The average molecular weight is 320 g/mol. The van der Waals surface area contributed by atoms with Gasteiger partial charge >= 0.3 is 5.97 Å². The van der Waals surface area contributed by atoms with Crippen LogP contribution < -0.4 is 4.72 Å². The van der Waals surface area contributed by atoms with Gasteiger partial charge in [0.05, 0.1) is 17.0 Å². The van der Waals surface area contributed by atoms with Crippen molar-refractivity contribution in [3.63, 3.8) is 0 Å². The van der Waals surface area contributed by atoms with Crippen LogP contribution in [0.15, 0.2) is 35.3 Å². The van der Waals surface area contributed by atoms with Gasteiger partial charge in [-0.3, -0.25) is 4.72 Å². The number of benzene rings is 1. The van der Waals surface area contributed by atoms with Gasteiger partial charge in [-0.15, -0.1) is 6.58 Å². The Morgan fingerprint density at radius 2 is 2.18 bits per heavy atom. The van der Waals surface area contributed by atoms with Gasteiger partial charge in [-0.2, -0.15) is 0 Å². The van der Waals surface area contributed by atoms with Crippen molar-refractivity contribution in [3.05, 3.63) is 40.9 Å². The van der Waals surface area contributed by atoms with Crippen LogP contribution in [0.4, 0.5) is 5.69 Å². The van der Waals surface area contributed by atoms with Gasteiger partial charge in [-0.1, -0.05) is 22.0 Å². The zero-order valence-corrected chi connectivity index (χ0v) is 11.1. The number of nitrogens with one attached hydrogen (secondary N) is 1. The van der Waals surface area contributed by atoms with Crippen molar-refractivity contribution in [1.82, 2.24) is 0 Å². The van der Waals surface area contributed by atoms with E-state index in [9.17, 15) is 13.2 Å². The normalized spacial score (nSPS) is 10.9. The molecule has 0 atom stereocenters. The van der Waals surface area contributed by atoms with Crippen molar-refractivity contribution in [3.8, 4) is 0 Å². The lowest BCUT2D eigenvalue weighted by molar-refractivity contribution is 0.0698. The molecule has 0 saturated carbocycles. The highest BCUT2D eigenvalue weighted by molar-refractivity contribution is 9.10. The molecule has 92 valence electrons. The Labute approximate surface area is 107 Å². The molecular weight excluding hydrogens is 310 g/mol. The van der Waals surface area contributed by atoms with Gasteiger partial charge in [0.25, 0.3) is 0 Å². The van der Waals surface area contributed by atoms with E-state index in [0.29, 0.717) is 4.47 Å². The summed E-state index contributed by atoms with van der Waals surface area (Å²) in [6.07, 6.45) is 1.22. The van der Waals surface area contributed by atoms with Crippen LogP contribution in [0.1, 0.15) is 10.4 Å². The van der Waals surface area contributed by atoms with Gasteiger partial charge in [0.15, 0.2) is 0 Å². The fraction of sp³-hybridized carbons (Fsp3) is 0.100. The summed E-state index contributed by atoms with van der Waals surface area (Å²) in [7, 11) is -3.60. The van der Waals surface area contributed by atoms with Gasteiger partial charge in [0, 0.05) is 4.47 Å². The van der Waals surface area contributed by atoms with Crippen LogP contribution in [0.5, 0.6) is 0 Å². The van der Waals surface area contributed by atoms with E-state index in [-0.39, 0.29) is 17.0 Å². The Hall–Kier alpha value is -1.34. The second-order valence-corrected chi connectivity index (χ2v) is 5.85. The Morgan fingerprint density at radius 3 is 2.71 bits per heavy atom. The smallest absolute Gasteiger partial charge is 0.337 e. The quantitative estimate of drug-likeness (QED) is 0.814. The Bertz CT molecular complexity index is 553. The van der Waals surface area contributed by atoms with Gasteiger partial charge in [0.2, 0.25) is 10.0 Å².